The van der Waals surface area contributed by atoms with Gasteiger partial charge in [0.2, 0.25) is 0 Å². The standard InChI is InChI=1S/C21H35N/c1-4-10-21(5-2)22(3)17-18-13-15-20(16-14-18)19-11-8-6-7-9-12-19/h4-5,10,18-20H,1-2,6-9,11-17H2,3H3. The highest BCUT2D eigenvalue weighted by Gasteiger charge is 2.28. The quantitative estimate of drug-likeness (QED) is 0.433. The molecule has 0 radical (unpaired) electrons. The minimum Gasteiger partial charge on any atom is -0.374 e. The molecule has 0 aromatic carbocycles. The summed E-state index contributed by atoms with van der Waals surface area (Å²) in [5, 5.41) is 0. The van der Waals surface area contributed by atoms with Crippen LogP contribution in [0, 0.1) is 17.8 Å². The van der Waals surface area contributed by atoms with Crippen molar-refractivity contribution in [1.82, 2.24) is 4.90 Å². The van der Waals surface area contributed by atoms with Gasteiger partial charge in [0.05, 0.1) is 0 Å². The van der Waals surface area contributed by atoms with Gasteiger partial charge >= 0.3 is 0 Å². The first kappa shape index (κ1) is 17.4. The zero-order valence-corrected chi connectivity index (χ0v) is 14.6. The van der Waals surface area contributed by atoms with E-state index in [2.05, 4.69) is 31.2 Å². The van der Waals surface area contributed by atoms with Crippen molar-refractivity contribution in [3.8, 4) is 0 Å². The van der Waals surface area contributed by atoms with Gasteiger partial charge in [0, 0.05) is 19.3 Å². The SMILES string of the molecule is C=CC=C(C=C)N(C)CC1CCC(C2CCCCCC2)CC1. The van der Waals surface area contributed by atoms with Gasteiger partial charge in [-0.25, -0.2) is 0 Å². The zero-order chi connectivity index (χ0) is 15.8. The van der Waals surface area contributed by atoms with Gasteiger partial charge in [-0.3, -0.25) is 0 Å². The van der Waals surface area contributed by atoms with Crippen LogP contribution in [0.5, 0.6) is 0 Å². The number of likely N-dealkylation sites (N-methyl/N-ethyl adjacent to an activating group) is 1. The van der Waals surface area contributed by atoms with Gasteiger partial charge in [0.1, 0.15) is 0 Å². The number of hydrogen-bond acceptors (Lipinski definition) is 1. The lowest BCUT2D eigenvalue weighted by atomic mass is 9.73. The Labute approximate surface area is 138 Å². The first-order chi connectivity index (χ1) is 10.7. The molecule has 2 fully saturated rings. The average molecular weight is 302 g/mol. The lowest BCUT2D eigenvalue weighted by Crippen LogP contribution is -2.29. The Morgan fingerprint density at radius 2 is 1.50 bits per heavy atom. The number of rotatable bonds is 6. The van der Waals surface area contributed by atoms with Gasteiger partial charge in [-0.15, -0.1) is 0 Å². The minimum absolute atomic E-state index is 0.861. The molecule has 2 saturated carbocycles. The van der Waals surface area contributed by atoms with Crippen LogP contribution >= 0.6 is 0 Å². The Bertz CT molecular complexity index is 365. The van der Waals surface area contributed by atoms with E-state index in [-0.39, 0.29) is 0 Å². The van der Waals surface area contributed by atoms with Gasteiger partial charge in [-0.1, -0.05) is 57.8 Å². The second-order valence-electron chi connectivity index (χ2n) is 7.44. The maximum absolute atomic E-state index is 3.92. The van der Waals surface area contributed by atoms with Crippen molar-refractivity contribution in [2.45, 2.75) is 64.2 Å². The highest BCUT2D eigenvalue weighted by molar-refractivity contribution is 5.19. The van der Waals surface area contributed by atoms with Crippen LogP contribution in [0.2, 0.25) is 0 Å². The van der Waals surface area contributed by atoms with Crippen LogP contribution in [0.4, 0.5) is 0 Å². The summed E-state index contributed by atoms with van der Waals surface area (Å²) in [6, 6.07) is 0. The van der Waals surface area contributed by atoms with E-state index >= 15 is 0 Å². The summed E-state index contributed by atoms with van der Waals surface area (Å²) in [5.41, 5.74) is 1.20. The Kier molecular flexibility index (Phi) is 7.29. The Morgan fingerprint density at radius 1 is 0.909 bits per heavy atom. The van der Waals surface area contributed by atoms with E-state index in [9.17, 15) is 0 Å². The summed E-state index contributed by atoms with van der Waals surface area (Å²) >= 11 is 0. The van der Waals surface area contributed by atoms with Gasteiger partial charge in [0.15, 0.2) is 0 Å². The molecule has 124 valence electrons. The molecule has 0 aromatic heterocycles. The van der Waals surface area contributed by atoms with Crippen LogP contribution < -0.4 is 0 Å². The summed E-state index contributed by atoms with van der Waals surface area (Å²) in [6.45, 7) is 8.88. The third kappa shape index (κ3) is 5.04. The molecular formula is C21H35N. The van der Waals surface area contributed by atoms with Crippen molar-refractivity contribution in [3.63, 3.8) is 0 Å². The van der Waals surface area contributed by atoms with Gasteiger partial charge in [-0.05, 0) is 55.6 Å². The maximum atomic E-state index is 3.92. The molecule has 0 saturated heterocycles. The molecule has 0 heterocycles. The smallest absolute Gasteiger partial charge is 0.0357 e. The number of hydrogen-bond donors (Lipinski definition) is 0. The average Bonchev–Trinajstić information content (AvgIpc) is 2.82. The van der Waals surface area contributed by atoms with E-state index in [1.807, 2.05) is 12.2 Å². The van der Waals surface area contributed by atoms with Crippen LogP contribution in [-0.4, -0.2) is 18.5 Å². The third-order valence-corrected chi connectivity index (χ3v) is 5.93. The molecule has 1 heteroatoms. The van der Waals surface area contributed by atoms with Crippen LogP contribution in [0.15, 0.2) is 37.1 Å². The van der Waals surface area contributed by atoms with Gasteiger partial charge in [0.25, 0.3) is 0 Å². The highest BCUT2D eigenvalue weighted by atomic mass is 15.1. The second-order valence-corrected chi connectivity index (χ2v) is 7.44. The van der Waals surface area contributed by atoms with Gasteiger partial charge < -0.3 is 4.90 Å². The highest BCUT2D eigenvalue weighted by Crippen LogP contribution is 2.39. The molecule has 0 bridgehead atoms. The van der Waals surface area contributed by atoms with Crippen LogP contribution in [0.1, 0.15) is 64.2 Å². The van der Waals surface area contributed by atoms with Crippen molar-refractivity contribution in [3.05, 3.63) is 37.1 Å². The molecule has 0 aromatic rings. The van der Waals surface area contributed by atoms with Gasteiger partial charge in [-0.2, -0.15) is 0 Å². The topological polar surface area (TPSA) is 3.24 Å². The van der Waals surface area contributed by atoms with E-state index in [0.717, 1.165) is 17.8 Å². The fourth-order valence-electron chi connectivity index (χ4n) is 4.59. The van der Waals surface area contributed by atoms with E-state index in [4.69, 9.17) is 0 Å². The van der Waals surface area contributed by atoms with Crippen molar-refractivity contribution < 1.29 is 0 Å². The molecule has 2 aliphatic rings. The fraction of sp³-hybridized carbons (Fsp3) is 0.714. The molecule has 0 N–H and O–H groups in total. The second kappa shape index (κ2) is 9.22. The van der Waals surface area contributed by atoms with Crippen molar-refractivity contribution in [2.24, 2.45) is 17.8 Å². The number of allylic oxidation sites excluding steroid dienone is 3. The first-order valence-corrected chi connectivity index (χ1v) is 9.41. The fourth-order valence-corrected chi connectivity index (χ4v) is 4.59. The predicted molar refractivity (Wildman–Crippen MR) is 97.7 cm³/mol. The molecule has 22 heavy (non-hydrogen) atoms. The molecule has 0 aliphatic heterocycles. The molecule has 2 rings (SSSR count). The molecular weight excluding hydrogens is 266 g/mol. The summed E-state index contributed by atoms with van der Waals surface area (Å²) in [6.07, 6.45) is 20.6. The predicted octanol–water partition coefficient (Wildman–Crippen LogP) is 5.95. The molecule has 0 amide bonds. The summed E-state index contributed by atoms with van der Waals surface area (Å²) in [5.74, 6) is 2.94. The van der Waals surface area contributed by atoms with E-state index < -0.39 is 0 Å². The molecule has 0 atom stereocenters. The van der Waals surface area contributed by atoms with E-state index in [1.54, 1.807) is 0 Å². The lowest BCUT2D eigenvalue weighted by molar-refractivity contribution is 0.170. The van der Waals surface area contributed by atoms with E-state index in [1.165, 1.54) is 76.5 Å². The first-order valence-electron chi connectivity index (χ1n) is 9.41. The minimum atomic E-state index is 0.861. The van der Waals surface area contributed by atoms with E-state index in [0.29, 0.717) is 0 Å². The molecule has 1 nitrogen and oxygen atoms in total. The van der Waals surface area contributed by atoms with Crippen LogP contribution in [0.3, 0.4) is 0 Å². The third-order valence-electron chi connectivity index (χ3n) is 5.93. The van der Waals surface area contributed by atoms with Crippen molar-refractivity contribution >= 4 is 0 Å². The normalized spacial score (nSPS) is 28.0. The maximum Gasteiger partial charge on any atom is 0.0357 e. The Hall–Kier alpha value is -0.980. The van der Waals surface area contributed by atoms with Crippen LogP contribution in [-0.2, 0) is 0 Å². The summed E-state index contributed by atoms with van der Waals surface area (Å²) in [7, 11) is 2.19. The molecule has 0 spiro atoms. The molecule has 0 unspecified atom stereocenters. The summed E-state index contributed by atoms with van der Waals surface area (Å²) in [4.78, 5) is 2.35. The van der Waals surface area contributed by atoms with Crippen LogP contribution in [0.25, 0.3) is 0 Å². The molecule has 2 aliphatic carbocycles. The van der Waals surface area contributed by atoms with Crippen molar-refractivity contribution in [2.75, 3.05) is 13.6 Å². The zero-order valence-electron chi connectivity index (χ0n) is 14.6. The van der Waals surface area contributed by atoms with Crippen molar-refractivity contribution in [1.29, 1.82) is 0 Å². The summed E-state index contributed by atoms with van der Waals surface area (Å²) < 4.78 is 0. The largest absolute Gasteiger partial charge is 0.374 e. The number of nitrogens with zero attached hydrogens (tertiary/aromatic N) is 1. The Morgan fingerprint density at radius 3 is 2.05 bits per heavy atom. The Balaban J connectivity index is 1.77. The monoisotopic (exact) mass is 301 g/mol. The lowest BCUT2D eigenvalue weighted by Gasteiger charge is -2.35.